The number of aliphatic carboxylic acids is 1. The molecule has 3 nitrogen and oxygen atoms in total. The van der Waals surface area contributed by atoms with E-state index in [0.29, 0.717) is 18.8 Å². The highest BCUT2D eigenvalue weighted by atomic mass is 16.4. The second-order valence-corrected chi connectivity index (χ2v) is 3.52. The highest BCUT2D eigenvalue weighted by Gasteiger charge is 2.46. The second-order valence-electron chi connectivity index (χ2n) is 3.52. The molecule has 1 aliphatic carbocycles. The van der Waals surface area contributed by atoms with Gasteiger partial charge in [-0.15, -0.1) is 0 Å². The Morgan fingerprint density at radius 2 is 2.27 bits per heavy atom. The largest absolute Gasteiger partial charge is 0.480 e. The van der Waals surface area contributed by atoms with Crippen LogP contribution in [0.1, 0.15) is 32.6 Å². The molecule has 11 heavy (non-hydrogen) atoms. The molecule has 3 N–H and O–H groups in total. The molecule has 0 aliphatic heterocycles. The van der Waals surface area contributed by atoms with Gasteiger partial charge in [0.05, 0.1) is 0 Å². The van der Waals surface area contributed by atoms with Crippen LogP contribution in [0.25, 0.3) is 0 Å². The van der Waals surface area contributed by atoms with Crippen LogP contribution in [0.4, 0.5) is 0 Å². The fourth-order valence-electron chi connectivity index (χ4n) is 1.76. The summed E-state index contributed by atoms with van der Waals surface area (Å²) in [6, 6.07) is 0. The maximum atomic E-state index is 10.5. The average Bonchev–Trinajstić information content (AvgIpc) is 1.84. The van der Waals surface area contributed by atoms with E-state index in [1.54, 1.807) is 0 Å². The Kier molecular flexibility index (Phi) is 2.18. The van der Waals surface area contributed by atoms with Gasteiger partial charge in [0.1, 0.15) is 5.54 Å². The zero-order valence-corrected chi connectivity index (χ0v) is 6.84. The lowest BCUT2D eigenvalue weighted by Crippen LogP contribution is -2.57. The number of carboxylic acids is 1. The van der Waals surface area contributed by atoms with Gasteiger partial charge in [-0.3, -0.25) is 4.79 Å². The first-order chi connectivity index (χ1) is 5.08. The number of nitrogens with two attached hydrogens (primary N) is 1. The molecular weight excluding hydrogens is 142 g/mol. The van der Waals surface area contributed by atoms with Gasteiger partial charge in [0.25, 0.3) is 0 Å². The quantitative estimate of drug-likeness (QED) is 0.641. The van der Waals surface area contributed by atoms with Gasteiger partial charge in [0, 0.05) is 0 Å². The molecule has 3 heteroatoms. The number of hydrogen-bond acceptors (Lipinski definition) is 2. The molecule has 0 aromatic carbocycles. The van der Waals surface area contributed by atoms with Crippen LogP contribution in [0, 0.1) is 5.92 Å². The maximum absolute atomic E-state index is 10.5. The van der Waals surface area contributed by atoms with Crippen LogP contribution < -0.4 is 5.73 Å². The first-order valence-corrected chi connectivity index (χ1v) is 4.11. The normalized spacial score (nSPS) is 36.4. The summed E-state index contributed by atoms with van der Waals surface area (Å²) < 4.78 is 0. The fourth-order valence-corrected chi connectivity index (χ4v) is 1.76. The summed E-state index contributed by atoms with van der Waals surface area (Å²) in [4.78, 5) is 10.5. The van der Waals surface area contributed by atoms with E-state index in [-0.39, 0.29) is 0 Å². The summed E-state index contributed by atoms with van der Waals surface area (Å²) >= 11 is 0. The third-order valence-electron chi connectivity index (χ3n) is 2.43. The molecule has 1 fully saturated rings. The van der Waals surface area contributed by atoms with Crippen molar-refractivity contribution >= 4 is 5.97 Å². The van der Waals surface area contributed by atoms with Crippen molar-refractivity contribution in [2.24, 2.45) is 11.7 Å². The Balaban J connectivity index is 2.32. The van der Waals surface area contributed by atoms with Crippen molar-refractivity contribution in [1.82, 2.24) is 0 Å². The average molecular weight is 157 g/mol. The molecule has 0 amide bonds. The molecule has 0 aromatic rings. The lowest BCUT2D eigenvalue weighted by molar-refractivity contribution is -0.149. The van der Waals surface area contributed by atoms with Gasteiger partial charge in [-0.05, 0) is 18.8 Å². The van der Waals surface area contributed by atoms with E-state index in [9.17, 15) is 4.79 Å². The first-order valence-electron chi connectivity index (χ1n) is 4.11. The number of carboxylic acid groups (broad SMARTS) is 1. The van der Waals surface area contributed by atoms with Gasteiger partial charge in [0.15, 0.2) is 0 Å². The van der Waals surface area contributed by atoms with Gasteiger partial charge < -0.3 is 10.8 Å². The SMILES string of the molecule is CCCC1CC(N)(C(=O)O)C1. The zero-order valence-electron chi connectivity index (χ0n) is 6.84. The van der Waals surface area contributed by atoms with Crippen LogP contribution >= 0.6 is 0 Å². The summed E-state index contributed by atoms with van der Waals surface area (Å²) in [5.74, 6) is -0.286. The van der Waals surface area contributed by atoms with Crippen molar-refractivity contribution in [2.75, 3.05) is 0 Å². The van der Waals surface area contributed by atoms with Gasteiger partial charge in [-0.25, -0.2) is 0 Å². The highest BCUT2D eigenvalue weighted by molar-refractivity contribution is 5.79. The zero-order chi connectivity index (χ0) is 8.48. The summed E-state index contributed by atoms with van der Waals surface area (Å²) in [7, 11) is 0. The molecule has 64 valence electrons. The first kappa shape index (κ1) is 8.53. The number of carbonyl (C=O) groups is 1. The monoisotopic (exact) mass is 157 g/mol. The summed E-state index contributed by atoms with van der Waals surface area (Å²) in [5.41, 5.74) is 4.68. The van der Waals surface area contributed by atoms with Gasteiger partial charge in [-0.1, -0.05) is 19.8 Å². The third-order valence-corrected chi connectivity index (χ3v) is 2.43. The van der Waals surface area contributed by atoms with Crippen molar-refractivity contribution in [3.63, 3.8) is 0 Å². The van der Waals surface area contributed by atoms with E-state index < -0.39 is 11.5 Å². The van der Waals surface area contributed by atoms with Gasteiger partial charge >= 0.3 is 5.97 Å². The third kappa shape index (κ3) is 1.53. The van der Waals surface area contributed by atoms with E-state index in [1.165, 1.54) is 0 Å². The molecule has 0 aromatic heterocycles. The van der Waals surface area contributed by atoms with E-state index in [1.807, 2.05) is 0 Å². The highest BCUT2D eigenvalue weighted by Crippen LogP contribution is 2.38. The van der Waals surface area contributed by atoms with Gasteiger partial charge in [-0.2, -0.15) is 0 Å². The predicted molar refractivity (Wildman–Crippen MR) is 42.2 cm³/mol. The smallest absolute Gasteiger partial charge is 0.323 e. The number of hydrogen-bond donors (Lipinski definition) is 2. The van der Waals surface area contributed by atoms with Crippen LogP contribution in [-0.2, 0) is 4.79 Å². The number of rotatable bonds is 3. The molecule has 0 unspecified atom stereocenters. The maximum Gasteiger partial charge on any atom is 0.323 e. The molecule has 1 saturated carbocycles. The van der Waals surface area contributed by atoms with E-state index in [2.05, 4.69) is 6.92 Å². The molecule has 1 rings (SSSR count). The van der Waals surface area contributed by atoms with Crippen LogP contribution in [0.15, 0.2) is 0 Å². The van der Waals surface area contributed by atoms with Crippen LogP contribution in [0.3, 0.4) is 0 Å². The molecule has 0 heterocycles. The minimum atomic E-state index is -0.889. The van der Waals surface area contributed by atoms with E-state index in [0.717, 1.165) is 12.8 Å². The van der Waals surface area contributed by atoms with Gasteiger partial charge in [0.2, 0.25) is 0 Å². The lowest BCUT2D eigenvalue weighted by atomic mass is 9.67. The van der Waals surface area contributed by atoms with Crippen LogP contribution in [-0.4, -0.2) is 16.6 Å². The fraction of sp³-hybridized carbons (Fsp3) is 0.875. The Bertz CT molecular complexity index is 161. The van der Waals surface area contributed by atoms with E-state index in [4.69, 9.17) is 10.8 Å². The summed E-state index contributed by atoms with van der Waals surface area (Å²) in [6.45, 7) is 2.11. The Hall–Kier alpha value is -0.570. The minimum absolute atomic E-state index is 0.557. The lowest BCUT2D eigenvalue weighted by Gasteiger charge is -2.41. The molecule has 0 saturated heterocycles. The molecule has 0 spiro atoms. The molecule has 0 bridgehead atoms. The van der Waals surface area contributed by atoms with E-state index >= 15 is 0 Å². The van der Waals surface area contributed by atoms with Crippen molar-refractivity contribution in [2.45, 2.75) is 38.1 Å². The summed E-state index contributed by atoms with van der Waals surface area (Å²) in [6.07, 6.45) is 3.57. The standard InChI is InChI=1S/C8H15NO2/c1-2-3-6-4-8(9,5-6)7(10)11/h6H,2-5,9H2,1H3,(H,10,11). The topological polar surface area (TPSA) is 63.3 Å². The van der Waals surface area contributed by atoms with Crippen LogP contribution in [0.2, 0.25) is 0 Å². The van der Waals surface area contributed by atoms with Crippen molar-refractivity contribution in [1.29, 1.82) is 0 Å². The second kappa shape index (κ2) is 2.81. The molecule has 0 radical (unpaired) electrons. The molecule has 0 atom stereocenters. The minimum Gasteiger partial charge on any atom is -0.480 e. The summed E-state index contributed by atoms with van der Waals surface area (Å²) in [5, 5.41) is 8.65. The van der Waals surface area contributed by atoms with Crippen molar-refractivity contribution in [3.05, 3.63) is 0 Å². The van der Waals surface area contributed by atoms with Crippen LogP contribution in [0.5, 0.6) is 0 Å². The Morgan fingerprint density at radius 1 is 1.73 bits per heavy atom. The Morgan fingerprint density at radius 3 is 2.64 bits per heavy atom. The molecular formula is C8H15NO2. The van der Waals surface area contributed by atoms with Crippen molar-refractivity contribution < 1.29 is 9.90 Å². The van der Waals surface area contributed by atoms with Crippen molar-refractivity contribution in [3.8, 4) is 0 Å². The Labute approximate surface area is 66.6 Å². The molecule has 1 aliphatic rings. The predicted octanol–water partition coefficient (Wildman–Crippen LogP) is 0.979.